The van der Waals surface area contributed by atoms with E-state index in [-0.39, 0.29) is 18.4 Å². The Balaban J connectivity index is 1.90. The summed E-state index contributed by atoms with van der Waals surface area (Å²) in [5, 5.41) is 11.9. The summed E-state index contributed by atoms with van der Waals surface area (Å²) in [6.07, 6.45) is 1.36. The molecule has 0 heterocycles. The first-order valence-electron chi connectivity index (χ1n) is 8.86. The number of carboxylic acid groups (broad SMARTS) is 1. The van der Waals surface area contributed by atoms with Gasteiger partial charge in [-0.3, -0.25) is 9.59 Å². The topological polar surface area (TPSA) is 75.6 Å². The smallest absolute Gasteiger partial charge is 0.303 e. The Morgan fingerprint density at radius 2 is 1.73 bits per heavy atom. The molecule has 2 aromatic carbocycles. The summed E-state index contributed by atoms with van der Waals surface area (Å²) in [7, 11) is 0. The first kappa shape index (κ1) is 19.5. The number of nitrogens with one attached hydrogen (secondary N) is 1. The minimum atomic E-state index is -0.866. The molecule has 2 N–H and O–H groups in total. The van der Waals surface area contributed by atoms with Crippen LogP contribution in [0.3, 0.4) is 0 Å². The van der Waals surface area contributed by atoms with Gasteiger partial charge in [0.1, 0.15) is 5.75 Å². The average molecular weight is 355 g/mol. The molecule has 0 saturated carbocycles. The standard InChI is InChI=1S/C21H25NO4/c1-2-26-18-11-8-16(9-12-18)10-14-20(23)22-19(13-15-21(24)25)17-6-4-3-5-7-17/h3-9,11-12,19H,2,10,13-15H2,1H3,(H,22,23)(H,24,25). The van der Waals surface area contributed by atoms with Crippen LogP contribution in [0.5, 0.6) is 5.75 Å². The molecule has 5 nitrogen and oxygen atoms in total. The third kappa shape index (κ3) is 6.59. The van der Waals surface area contributed by atoms with E-state index in [1.54, 1.807) is 0 Å². The summed E-state index contributed by atoms with van der Waals surface area (Å²) >= 11 is 0. The van der Waals surface area contributed by atoms with Crippen LogP contribution in [0.25, 0.3) is 0 Å². The van der Waals surface area contributed by atoms with Crippen LogP contribution >= 0.6 is 0 Å². The van der Waals surface area contributed by atoms with Crippen molar-refractivity contribution in [2.75, 3.05) is 6.61 Å². The van der Waals surface area contributed by atoms with Gasteiger partial charge in [0.2, 0.25) is 5.91 Å². The Morgan fingerprint density at radius 3 is 2.35 bits per heavy atom. The molecular weight excluding hydrogens is 330 g/mol. The second kappa shape index (κ2) is 10.2. The second-order valence-corrected chi connectivity index (χ2v) is 6.04. The second-order valence-electron chi connectivity index (χ2n) is 6.04. The molecule has 0 spiro atoms. The van der Waals surface area contributed by atoms with Gasteiger partial charge in [-0.25, -0.2) is 0 Å². The van der Waals surface area contributed by atoms with E-state index in [4.69, 9.17) is 9.84 Å². The van der Waals surface area contributed by atoms with Gasteiger partial charge in [-0.05, 0) is 43.0 Å². The normalized spacial score (nSPS) is 11.6. The number of amides is 1. The lowest BCUT2D eigenvalue weighted by Gasteiger charge is -2.18. The summed E-state index contributed by atoms with van der Waals surface area (Å²) in [4.78, 5) is 23.2. The first-order chi connectivity index (χ1) is 12.6. The number of ether oxygens (including phenoxy) is 1. The summed E-state index contributed by atoms with van der Waals surface area (Å²) in [5.74, 6) is -0.133. The van der Waals surface area contributed by atoms with Crippen molar-refractivity contribution < 1.29 is 19.4 Å². The molecule has 0 aliphatic heterocycles. The van der Waals surface area contributed by atoms with Gasteiger partial charge in [0, 0.05) is 12.8 Å². The Kier molecular flexibility index (Phi) is 7.68. The quantitative estimate of drug-likeness (QED) is 0.681. The van der Waals surface area contributed by atoms with E-state index in [0.717, 1.165) is 16.9 Å². The first-order valence-corrected chi connectivity index (χ1v) is 8.86. The summed E-state index contributed by atoms with van der Waals surface area (Å²) in [6.45, 7) is 2.56. The van der Waals surface area contributed by atoms with Crippen molar-refractivity contribution in [1.29, 1.82) is 0 Å². The van der Waals surface area contributed by atoms with Crippen molar-refractivity contribution >= 4 is 11.9 Å². The number of aliphatic carboxylic acids is 1. The van der Waals surface area contributed by atoms with Gasteiger partial charge in [0.05, 0.1) is 12.6 Å². The maximum absolute atomic E-state index is 12.3. The Hall–Kier alpha value is -2.82. The summed E-state index contributed by atoms with van der Waals surface area (Å²) < 4.78 is 5.41. The lowest BCUT2D eigenvalue weighted by Crippen LogP contribution is -2.29. The van der Waals surface area contributed by atoms with Gasteiger partial charge < -0.3 is 15.2 Å². The predicted molar refractivity (Wildman–Crippen MR) is 100 cm³/mol. The van der Waals surface area contributed by atoms with Gasteiger partial charge in [0.15, 0.2) is 0 Å². The van der Waals surface area contributed by atoms with E-state index in [0.29, 0.717) is 25.9 Å². The minimum Gasteiger partial charge on any atom is -0.494 e. The highest BCUT2D eigenvalue weighted by Crippen LogP contribution is 2.19. The average Bonchev–Trinajstić information content (AvgIpc) is 2.65. The fraction of sp³-hybridized carbons (Fsp3) is 0.333. The molecule has 26 heavy (non-hydrogen) atoms. The lowest BCUT2D eigenvalue weighted by molar-refractivity contribution is -0.137. The van der Waals surface area contributed by atoms with Crippen molar-refractivity contribution in [3.63, 3.8) is 0 Å². The minimum absolute atomic E-state index is 0.0126. The summed E-state index contributed by atoms with van der Waals surface area (Å²) in [6, 6.07) is 16.9. The largest absolute Gasteiger partial charge is 0.494 e. The molecule has 0 bridgehead atoms. The van der Waals surface area contributed by atoms with E-state index in [1.165, 1.54) is 0 Å². The maximum atomic E-state index is 12.3. The van der Waals surface area contributed by atoms with Crippen molar-refractivity contribution in [2.24, 2.45) is 0 Å². The lowest BCUT2D eigenvalue weighted by atomic mass is 10.0. The molecule has 138 valence electrons. The highest BCUT2D eigenvalue weighted by Gasteiger charge is 2.15. The maximum Gasteiger partial charge on any atom is 0.303 e. The number of benzene rings is 2. The number of carbonyl (C=O) groups is 2. The van der Waals surface area contributed by atoms with Gasteiger partial charge in [-0.2, -0.15) is 0 Å². The van der Waals surface area contributed by atoms with Crippen molar-refractivity contribution in [1.82, 2.24) is 5.32 Å². The molecule has 2 aromatic rings. The van der Waals surface area contributed by atoms with E-state index in [2.05, 4.69) is 5.32 Å². The van der Waals surface area contributed by atoms with Gasteiger partial charge in [-0.1, -0.05) is 42.5 Å². The summed E-state index contributed by atoms with van der Waals surface area (Å²) in [5.41, 5.74) is 1.98. The van der Waals surface area contributed by atoms with Crippen LogP contribution in [0.1, 0.15) is 43.4 Å². The molecule has 0 radical (unpaired) electrons. The Labute approximate surface area is 154 Å². The van der Waals surface area contributed by atoms with Crippen LogP contribution in [-0.2, 0) is 16.0 Å². The zero-order valence-electron chi connectivity index (χ0n) is 15.0. The van der Waals surface area contributed by atoms with Gasteiger partial charge >= 0.3 is 5.97 Å². The Bertz CT molecular complexity index is 698. The SMILES string of the molecule is CCOc1ccc(CCC(=O)NC(CCC(=O)O)c2ccccc2)cc1. The molecular formula is C21H25NO4. The molecule has 0 aliphatic carbocycles. The van der Waals surface area contributed by atoms with Crippen LogP contribution in [0.15, 0.2) is 54.6 Å². The van der Waals surface area contributed by atoms with Crippen molar-refractivity contribution in [3.05, 3.63) is 65.7 Å². The molecule has 0 aliphatic rings. The molecule has 0 fully saturated rings. The van der Waals surface area contributed by atoms with Crippen LogP contribution in [0.4, 0.5) is 0 Å². The number of carbonyl (C=O) groups excluding carboxylic acids is 1. The zero-order chi connectivity index (χ0) is 18.8. The monoisotopic (exact) mass is 355 g/mol. The highest BCUT2D eigenvalue weighted by atomic mass is 16.5. The fourth-order valence-electron chi connectivity index (χ4n) is 2.72. The number of aryl methyl sites for hydroxylation is 1. The third-order valence-corrected chi connectivity index (χ3v) is 4.06. The van der Waals surface area contributed by atoms with Crippen molar-refractivity contribution in [3.8, 4) is 5.75 Å². The van der Waals surface area contributed by atoms with Gasteiger partial charge in [-0.15, -0.1) is 0 Å². The van der Waals surface area contributed by atoms with E-state index in [1.807, 2.05) is 61.5 Å². The van der Waals surface area contributed by atoms with Crippen LogP contribution < -0.4 is 10.1 Å². The van der Waals surface area contributed by atoms with Gasteiger partial charge in [0.25, 0.3) is 0 Å². The van der Waals surface area contributed by atoms with E-state index in [9.17, 15) is 9.59 Å². The molecule has 2 rings (SSSR count). The van der Waals surface area contributed by atoms with E-state index >= 15 is 0 Å². The number of rotatable bonds is 10. The number of hydrogen-bond donors (Lipinski definition) is 2. The molecule has 5 heteroatoms. The van der Waals surface area contributed by atoms with E-state index < -0.39 is 5.97 Å². The molecule has 0 saturated heterocycles. The van der Waals surface area contributed by atoms with Crippen LogP contribution in [0.2, 0.25) is 0 Å². The Morgan fingerprint density at radius 1 is 1.04 bits per heavy atom. The van der Waals surface area contributed by atoms with Crippen LogP contribution in [0, 0.1) is 0 Å². The zero-order valence-corrected chi connectivity index (χ0v) is 15.0. The highest BCUT2D eigenvalue weighted by molar-refractivity contribution is 5.77. The molecule has 1 amide bonds. The molecule has 1 unspecified atom stereocenters. The third-order valence-electron chi connectivity index (χ3n) is 4.06. The molecule has 1 atom stereocenters. The van der Waals surface area contributed by atoms with Crippen molar-refractivity contribution in [2.45, 2.75) is 38.6 Å². The predicted octanol–water partition coefficient (Wildman–Crippen LogP) is 3.74. The fourth-order valence-corrected chi connectivity index (χ4v) is 2.72. The number of hydrogen-bond acceptors (Lipinski definition) is 3. The number of carboxylic acids is 1. The van der Waals surface area contributed by atoms with Crippen LogP contribution in [-0.4, -0.2) is 23.6 Å². The molecule has 0 aromatic heterocycles.